The molecule has 1 heterocycles. The molecule has 96 valence electrons. The molecular weight excluding hydrogens is 250 g/mol. The minimum absolute atomic E-state index is 0.345. The third-order valence-corrected chi connectivity index (χ3v) is 3.92. The fraction of sp³-hybridized carbons (Fsp3) is 0.250. The lowest BCUT2D eigenvalue weighted by atomic mass is 10.3. The van der Waals surface area contributed by atoms with E-state index in [0.717, 1.165) is 5.69 Å². The molecule has 18 heavy (non-hydrogen) atoms. The van der Waals surface area contributed by atoms with Gasteiger partial charge in [-0.3, -0.25) is 8.89 Å². The van der Waals surface area contributed by atoms with Gasteiger partial charge in [0.15, 0.2) is 0 Å². The van der Waals surface area contributed by atoms with Crippen LogP contribution in [0.2, 0.25) is 0 Å². The lowest BCUT2D eigenvalue weighted by molar-refractivity contribution is 0.413. The summed E-state index contributed by atoms with van der Waals surface area (Å²) in [6, 6.07) is 6.99. The van der Waals surface area contributed by atoms with Crippen LogP contribution >= 0.6 is 0 Å². The highest BCUT2D eigenvalue weighted by molar-refractivity contribution is 7.84. The number of nitrogens with two attached hydrogens (primary N) is 1. The molecule has 2 rings (SSSR count). The second-order valence-electron chi connectivity index (χ2n) is 3.87. The van der Waals surface area contributed by atoms with Crippen molar-refractivity contribution < 1.29 is 8.95 Å². The summed E-state index contributed by atoms with van der Waals surface area (Å²) in [6.07, 6.45) is 1.82. The van der Waals surface area contributed by atoms with E-state index < -0.39 is 10.8 Å². The highest BCUT2D eigenvalue weighted by Gasteiger charge is 2.11. The van der Waals surface area contributed by atoms with Crippen molar-refractivity contribution in [1.29, 1.82) is 0 Å². The van der Waals surface area contributed by atoms with E-state index in [1.165, 1.54) is 0 Å². The standard InChI is InChI=1S/C12H15N3O2S/c1-15-6-5-9(14-15)8-18(16)12-7-10(17-2)3-4-11(12)13/h3-7H,8,13H2,1-2H3. The van der Waals surface area contributed by atoms with E-state index in [9.17, 15) is 4.21 Å². The quantitative estimate of drug-likeness (QED) is 0.846. The summed E-state index contributed by atoms with van der Waals surface area (Å²) in [5.74, 6) is 0.992. The van der Waals surface area contributed by atoms with Gasteiger partial charge in [-0.25, -0.2) is 0 Å². The number of hydrogen-bond donors (Lipinski definition) is 1. The van der Waals surface area contributed by atoms with Gasteiger partial charge in [0.1, 0.15) is 5.75 Å². The van der Waals surface area contributed by atoms with Crippen LogP contribution in [0.25, 0.3) is 0 Å². The van der Waals surface area contributed by atoms with Gasteiger partial charge < -0.3 is 10.5 Å². The molecule has 1 aromatic heterocycles. The molecule has 1 atom stereocenters. The smallest absolute Gasteiger partial charge is 0.120 e. The van der Waals surface area contributed by atoms with Crippen molar-refractivity contribution in [3.05, 3.63) is 36.2 Å². The van der Waals surface area contributed by atoms with Crippen molar-refractivity contribution in [3.63, 3.8) is 0 Å². The van der Waals surface area contributed by atoms with Crippen LogP contribution in [0.5, 0.6) is 5.75 Å². The van der Waals surface area contributed by atoms with Gasteiger partial charge in [-0.1, -0.05) is 0 Å². The Balaban J connectivity index is 2.23. The Labute approximate surface area is 108 Å². The molecule has 1 unspecified atom stereocenters. The Hall–Kier alpha value is -1.82. The summed E-state index contributed by atoms with van der Waals surface area (Å²) in [5.41, 5.74) is 7.11. The highest BCUT2D eigenvalue weighted by Crippen LogP contribution is 2.24. The Kier molecular flexibility index (Phi) is 3.66. The molecule has 0 aliphatic rings. The monoisotopic (exact) mass is 265 g/mol. The molecule has 0 spiro atoms. The van der Waals surface area contributed by atoms with Crippen LogP contribution in [-0.4, -0.2) is 21.1 Å². The fourth-order valence-electron chi connectivity index (χ4n) is 1.59. The lowest BCUT2D eigenvalue weighted by Gasteiger charge is -2.07. The maximum atomic E-state index is 12.2. The van der Waals surface area contributed by atoms with E-state index in [0.29, 0.717) is 22.1 Å². The second kappa shape index (κ2) is 5.22. The predicted molar refractivity (Wildman–Crippen MR) is 70.7 cm³/mol. The minimum atomic E-state index is -1.23. The van der Waals surface area contributed by atoms with E-state index in [1.54, 1.807) is 30.0 Å². The number of aryl methyl sites for hydroxylation is 1. The Morgan fingerprint density at radius 1 is 1.44 bits per heavy atom. The maximum absolute atomic E-state index is 12.2. The predicted octanol–water partition coefficient (Wildman–Crippen LogP) is 1.32. The zero-order chi connectivity index (χ0) is 13.1. The average Bonchev–Trinajstić information content (AvgIpc) is 2.75. The Bertz CT molecular complexity index is 580. The van der Waals surface area contributed by atoms with Crippen LogP contribution in [-0.2, 0) is 23.6 Å². The van der Waals surface area contributed by atoms with Gasteiger partial charge in [-0.05, 0) is 24.3 Å². The first kappa shape index (κ1) is 12.6. The summed E-state index contributed by atoms with van der Waals surface area (Å²) in [6.45, 7) is 0. The zero-order valence-electron chi connectivity index (χ0n) is 10.3. The van der Waals surface area contributed by atoms with Crippen molar-refractivity contribution in [2.45, 2.75) is 10.6 Å². The Morgan fingerprint density at radius 3 is 2.83 bits per heavy atom. The first-order valence-corrected chi connectivity index (χ1v) is 6.72. The molecule has 6 heteroatoms. The van der Waals surface area contributed by atoms with Crippen molar-refractivity contribution in [2.24, 2.45) is 7.05 Å². The summed E-state index contributed by atoms with van der Waals surface area (Å²) in [7, 11) is 2.17. The molecule has 0 radical (unpaired) electrons. The number of aromatic nitrogens is 2. The van der Waals surface area contributed by atoms with Crippen LogP contribution < -0.4 is 10.5 Å². The van der Waals surface area contributed by atoms with Crippen molar-refractivity contribution in [1.82, 2.24) is 9.78 Å². The molecule has 5 nitrogen and oxygen atoms in total. The van der Waals surface area contributed by atoms with Gasteiger partial charge in [-0.2, -0.15) is 5.10 Å². The van der Waals surface area contributed by atoms with E-state index in [-0.39, 0.29) is 0 Å². The van der Waals surface area contributed by atoms with Crippen molar-refractivity contribution in [3.8, 4) is 5.75 Å². The molecule has 2 aromatic rings. The summed E-state index contributed by atoms with van der Waals surface area (Å²) in [5, 5.41) is 4.20. The van der Waals surface area contributed by atoms with Crippen molar-refractivity contribution in [2.75, 3.05) is 12.8 Å². The van der Waals surface area contributed by atoms with Crippen LogP contribution in [0.4, 0.5) is 5.69 Å². The molecule has 0 amide bonds. The largest absolute Gasteiger partial charge is 0.497 e. The second-order valence-corrected chi connectivity index (χ2v) is 5.29. The van der Waals surface area contributed by atoms with Gasteiger partial charge in [0.2, 0.25) is 0 Å². The number of rotatable bonds is 4. The van der Waals surface area contributed by atoms with E-state index >= 15 is 0 Å². The van der Waals surface area contributed by atoms with Gasteiger partial charge >= 0.3 is 0 Å². The zero-order valence-corrected chi connectivity index (χ0v) is 11.1. The molecule has 0 fully saturated rings. The number of ether oxygens (including phenoxy) is 1. The molecule has 0 bridgehead atoms. The van der Waals surface area contributed by atoms with Gasteiger partial charge in [0.25, 0.3) is 0 Å². The number of nitrogen functional groups attached to an aromatic ring is 1. The van der Waals surface area contributed by atoms with Crippen molar-refractivity contribution >= 4 is 16.5 Å². The van der Waals surface area contributed by atoms with Crippen LogP contribution in [0.1, 0.15) is 5.69 Å². The first-order chi connectivity index (χ1) is 8.60. The molecule has 1 aromatic carbocycles. The number of hydrogen-bond acceptors (Lipinski definition) is 4. The molecule has 0 aliphatic carbocycles. The Morgan fingerprint density at radius 2 is 2.22 bits per heavy atom. The topological polar surface area (TPSA) is 70.1 Å². The van der Waals surface area contributed by atoms with Gasteiger partial charge in [-0.15, -0.1) is 0 Å². The van der Waals surface area contributed by atoms with E-state index in [1.807, 2.05) is 19.3 Å². The lowest BCUT2D eigenvalue weighted by Crippen LogP contribution is -2.02. The van der Waals surface area contributed by atoms with Gasteiger partial charge in [0, 0.05) is 18.9 Å². The number of benzene rings is 1. The SMILES string of the molecule is COc1ccc(N)c(S(=O)Cc2ccn(C)n2)c1. The summed E-state index contributed by atoms with van der Waals surface area (Å²) >= 11 is 0. The maximum Gasteiger partial charge on any atom is 0.120 e. The molecule has 0 saturated heterocycles. The number of nitrogens with zero attached hydrogens (tertiary/aromatic N) is 2. The number of anilines is 1. The number of methoxy groups -OCH3 is 1. The minimum Gasteiger partial charge on any atom is -0.497 e. The molecule has 0 saturated carbocycles. The van der Waals surface area contributed by atoms with E-state index in [4.69, 9.17) is 10.5 Å². The fourth-order valence-corrected chi connectivity index (χ4v) is 2.75. The van der Waals surface area contributed by atoms with Crippen LogP contribution in [0.15, 0.2) is 35.4 Å². The molecular formula is C12H15N3O2S. The van der Waals surface area contributed by atoms with E-state index in [2.05, 4.69) is 5.10 Å². The summed E-state index contributed by atoms with van der Waals surface area (Å²) in [4.78, 5) is 0.583. The summed E-state index contributed by atoms with van der Waals surface area (Å²) < 4.78 is 19.0. The molecule has 2 N–H and O–H groups in total. The third-order valence-electron chi connectivity index (χ3n) is 2.51. The average molecular weight is 265 g/mol. The van der Waals surface area contributed by atoms with Gasteiger partial charge in [0.05, 0.1) is 34.3 Å². The van der Waals surface area contributed by atoms with Crippen LogP contribution in [0.3, 0.4) is 0 Å². The normalized spacial score (nSPS) is 12.3. The first-order valence-electron chi connectivity index (χ1n) is 5.40. The molecule has 0 aliphatic heterocycles. The third kappa shape index (κ3) is 2.70. The van der Waals surface area contributed by atoms with Crippen LogP contribution in [0, 0.1) is 0 Å². The highest BCUT2D eigenvalue weighted by atomic mass is 32.2.